The van der Waals surface area contributed by atoms with E-state index in [1.165, 1.54) is 7.11 Å². The highest BCUT2D eigenvalue weighted by atomic mass is 16.6. The first-order chi connectivity index (χ1) is 18.0. The van der Waals surface area contributed by atoms with Crippen molar-refractivity contribution in [3.05, 3.63) is 41.3 Å². The van der Waals surface area contributed by atoms with Gasteiger partial charge in [0.2, 0.25) is 5.65 Å². The molecule has 2 aromatic heterocycles. The maximum absolute atomic E-state index is 13.2. The molecular formula is C26H34N8O4. The van der Waals surface area contributed by atoms with E-state index >= 15 is 0 Å². The second kappa shape index (κ2) is 10.6. The number of piperazine rings is 1. The predicted molar refractivity (Wildman–Crippen MR) is 147 cm³/mol. The van der Waals surface area contributed by atoms with Crippen LogP contribution in [0.4, 0.5) is 22.0 Å². The van der Waals surface area contributed by atoms with Gasteiger partial charge in [-0.2, -0.15) is 4.98 Å². The number of benzene rings is 1. The van der Waals surface area contributed by atoms with E-state index in [0.717, 1.165) is 11.4 Å². The molecule has 1 saturated heterocycles. The fraction of sp³-hybridized carbons (Fsp3) is 0.423. The highest BCUT2D eigenvalue weighted by molar-refractivity contribution is 6.11. The number of fused-ring (bicyclic) bond motifs is 1. The van der Waals surface area contributed by atoms with Gasteiger partial charge in [-0.25, -0.2) is 9.78 Å². The van der Waals surface area contributed by atoms with Gasteiger partial charge in [-0.3, -0.25) is 14.2 Å². The zero-order valence-electron chi connectivity index (χ0n) is 22.6. The first kappa shape index (κ1) is 26.7. The maximum atomic E-state index is 13.2. The number of aryl methyl sites for hydroxylation is 1. The van der Waals surface area contributed by atoms with Crippen LogP contribution >= 0.6 is 0 Å². The van der Waals surface area contributed by atoms with Crippen molar-refractivity contribution in [3.8, 4) is 5.88 Å². The van der Waals surface area contributed by atoms with Crippen LogP contribution in [0.5, 0.6) is 5.88 Å². The van der Waals surface area contributed by atoms with E-state index < -0.39 is 11.5 Å². The summed E-state index contributed by atoms with van der Waals surface area (Å²) >= 11 is 0. The lowest BCUT2D eigenvalue weighted by molar-refractivity contribution is 0.0240. The number of aliphatic imine (C=N–C) groups is 1. The van der Waals surface area contributed by atoms with Crippen LogP contribution in [-0.4, -0.2) is 83.4 Å². The average Bonchev–Trinajstić information content (AvgIpc) is 3.23. The zero-order chi connectivity index (χ0) is 27.6. The summed E-state index contributed by atoms with van der Waals surface area (Å²) in [4.78, 5) is 42.4. The Hall–Kier alpha value is -4.35. The maximum Gasteiger partial charge on any atom is 0.410 e. The highest BCUT2D eigenvalue weighted by Crippen LogP contribution is 2.30. The van der Waals surface area contributed by atoms with E-state index in [9.17, 15) is 9.59 Å². The number of nitrogens with zero attached hydrogens (tertiary/aromatic N) is 6. The number of methoxy groups -OCH3 is 1. The minimum atomic E-state index is -0.548. The molecule has 1 aromatic carbocycles. The molecule has 0 atom stereocenters. The molecule has 2 amide bonds. The third-order valence-corrected chi connectivity index (χ3v) is 6.00. The minimum Gasteiger partial charge on any atom is -0.478 e. The molecule has 1 aliphatic heterocycles. The van der Waals surface area contributed by atoms with Crippen LogP contribution in [0.15, 0.2) is 29.5 Å². The Balaban J connectivity index is 1.55. The van der Waals surface area contributed by atoms with Crippen molar-refractivity contribution in [2.24, 2.45) is 4.99 Å². The Bertz CT molecular complexity index is 1380. The van der Waals surface area contributed by atoms with Gasteiger partial charge in [0.05, 0.1) is 30.3 Å². The normalized spacial score (nSPS) is 14.3. The van der Waals surface area contributed by atoms with Crippen molar-refractivity contribution in [2.45, 2.75) is 33.3 Å². The van der Waals surface area contributed by atoms with Gasteiger partial charge in [0.1, 0.15) is 5.60 Å². The Morgan fingerprint density at radius 1 is 1.13 bits per heavy atom. The van der Waals surface area contributed by atoms with Gasteiger partial charge in [-0.05, 0) is 39.8 Å². The molecule has 0 bridgehead atoms. The quantitative estimate of drug-likeness (QED) is 0.385. The lowest BCUT2D eigenvalue weighted by atomic mass is 10.0. The van der Waals surface area contributed by atoms with Crippen LogP contribution in [0.3, 0.4) is 0 Å². The Kier molecular flexibility index (Phi) is 7.42. The van der Waals surface area contributed by atoms with Crippen LogP contribution < -0.4 is 20.7 Å². The van der Waals surface area contributed by atoms with Gasteiger partial charge in [0.15, 0.2) is 5.82 Å². The molecule has 12 heteroatoms. The zero-order valence-corrected chi connectivity index (χ0v) is 22.6. The summed E-state index contributed by atoms with van der Waals surface area (Å²) in [6.45, 7) is 9.59. The lowest BCUT2D eigenvalue weighted by Gasteiger charge is -2.37. The van der Waals surface area contributed by atoms with Crippen LogP contribution in [0.1, 0.15) is 42.4 Å². The highest BCUT2D eigenvalue weighted by Gasteiger charge is 2.27. The molecule has 1 fully saturated rings. The summed E-state index contributed by atoms with van der Waals surface area (Å²) in [5.74, 6) is 0.174. The summed E-state index contributed by atoms with van der Waals surface area (Å²) in [5.41, 5.74) is 9.37. The first-order valence-electron chi connectivity index (χ1n) is 12.3. The van der Waals surface area contributed by atoms with E-state index in [1.807, 2.05) is 40.0 Å². The number of anilines is 3. The minimum absolute atomic E-state index is 0.290. The van der Waals surface area contributed by atoms with Crippen molar-refractivity contribution >= 4 is 41.1 Å². The van der Waals surface area contributed by atoms with Crippen LogP contribution in [0.25, 0.3) is 5.65 Å². The van der Waals surface area contributed by atoms with Gasteiger partial charge in [-0.1, -0.05) is 0 Å². The molecule has 0 unspecified atom stereocenters. The predicted octanol–water partition coefficient (Wildman–Crippen LogP) is 2.99. The number of nitrogens with two attached hydrogens (primary N) is 1. The Morgan fingerprint density at radius 2 is 1.84 bits per heavy atom. The molecule has 3 N–H and O–H groups in total. The van der Waals surface area contributed by atoms with Crippen molar-refractivity contribution in [1.29, 1.82) is 0 Å². The molecule has 0 aliphatic carbocycles. The van der Waals surface area contributed by atoms with Gasteiger partial charge in [0, 0.05) is 56.9 Å². The first-order valence-corrected chi connectivity index (χ1v) is 12.3. The van der Waals surface area contributed by atoms with E-state index in [4.69, 9.17) is 15.2 Å². The lowest BCUT2D eigenvalue weighted by Crippen LogP contribution is -2.50. The van der Waals surface area contributed by atoms with Gasteiger partial charge >= 0.3 is 6.09 Å². The molecular weight excluding hydrogens is 488 g/mol. The monoisotopic (exact) mass is 522 g/mol. The molecule has 3 heterocycles. The summed E-state index contributed by atoms with van der Waals surface area (Å²) in [6, 6.07) is 3.53. The van der Waals surface area contributed by atoms with E-state index in [2.05, 4.69) is 25.2 Å². The molecule has 1 aliphatic rings. The number of amides is 2. The number of hydrogen-bond acceptors (Lipinski definition) is 9. The third kappa shape index (κ3) is 5.63. The van der Waals surface area contributed by atoms with E-state index in [-0.39, 0.29) is 6.09 Å². The van der Waals surface area contributed by atoms with Crippen molar-refractivity contribution in [3.63, 3.8) is 0 Å². The molecule has 0 spiro atoms. The van der Waals surface area contributed by atoms with Crippen LogP contribution in [-0.2, 0) is 4.74 Å². The molecule has 4 rings (SSSR count). The number of hydrogen-bond donors (Lipinski definition) is 2. The molecule has 38 heavy (non-hydrogen) atoms. The SMILES string of the molecule is CN=Cc1c(N2CCN(C(=O)OC(C)(C)C)CC2)ccc(C(=O)Nc2cn3cc(C)nc3c(OC)n2)c1N. The summed E-state index contributed by atoms with van der Waals surface area (Å²) in [6.07, 6.45) is 4.80. The van der Waals surface area contributed by atoms with E-state index in [1.54, 1.807) is 34.8 Å². The summed E-state index contributed by atoms with van der Waals surface area (Å²) < 4.78 is 12.6. The Morgan fingerprint density at radius 3 is 2.47 bits per heavy atom. The second-order valence-electron chi connectivity index (χ2n) is 10.0. The topological polar surface area (TPSA) is 140 Å². The standard InChI is InChI=1S/C26H34N8O4/c1-16-14-34-15-20(31-24(37-6)22(34)29-16)30-23(35)17-7-8-19(18(13-28-5)21(17)27)32-9-11-33(12-10-32)25(36)38-26(2,3)4/h7-8,13-15H,9-12,27H2,1-6H3,(H,30,35). The number of carbonyl (C=O) groups is 2. The number of nitrogen functional groups attached to an aromatic ring is 1. The Labute approximate surface area is 221 Å². The molecule has 3 aromatic rings. The number of nitrogens with one attached hydrogen (secondary N) is 1. The van der Waals surface area contributed by atoms with Crippen molar-refractivity contribution in [1.82, 2.24) is 19.3 Å². The third-order valence-electron chi connectivity index (χ3n) is 6.00. The fourth-order valence-corrected chi connectivity index (χ4v) is 4.29. The molecule has 202 valence electrons. The second-order valence-corrected chi connectivity index (χ2v) is 10.0. The fourth-order valence-electron chi connectivity index (χ4n) is 4.29. The number of aromatic nitrogens is 3. The van der Waals surface area contributed by atoms with Crippen LogP contribution in [0.2, 0.25) is 0 Å². The average molecular weight is 523 g/mol. The number of imidazole rings is 1. The van der Waals surface area contributed by atoms with Crippen molar-refractivity contribution < 1.29 is 19.1 Å². The largest absolute Gasteiger partial charge is 0.478 e. The molecule has 0 saturated carbocycles. The number of carbonyl (C=O) groups excluding carboxylic acids is 2. The summed E-state index contributed by atoms with van der Waals surface area (Å²) in [7, 11) is 3.15. The number of rotatable bonds is 5. The van der Waals surface area contributed by atoms with Gasteiger partial charge < -0.3 is 30.3 Å². The van der Waals surface area contributed by atoms with Gasteiger partial charge in [-0.15, -0.1) is 0 Å². The summed E-state index contributed by atoms with van der Waals surface area (Å²) in [5, 5.41) is 2.81. The molecule has 12 nitrogen and oxygen atoms in total. The number of ether oxygens (including phenoxy) is 2. The van der Waals surface area contributed by atoms with Crippen LogP contribution in [0, 0.1) is 6.92 Å². The van der Waals surface area contributed by atoms with Crippen molar-refractivity contribution in [2.75, 3.05) is 56.3 Å². The van der Waals surface area contributed by atoms with E-state index in [0.29, 0.717) is 60.3 Å². The molecule has 0 radical (unpaired) electrons. The smallest absolute Gasteiger partial charge is 0.410 e. The van der Waals surface area contributed by atoms with Gasteiger partial charge in [0.25, 0.3) is 11.8 Å².